The Morgan fingerprint density at radius 1 is 1.28 bits per heavy atom. The smallest absolute Gasteiger partial charge is 0.135 e. The van der Waals surface area contributed by atoms with Crippen LogP contribution in [-0.4, -0.2) is 10.8 Å². The number of carbonyl (C=O) groups is 1. The predicted octanol–water partition coefficient (Wildman–Crippen LogP) is 3.87. The zero-order valence-corrected chi connectivity index (χ0v) is 12.0. The summed E-state index contributed by atoms with van der Waals surface area (Å²) < 4.78 is 0. The molecule has 0 amide bonds. The first-order valence-electron chi connectivity index (χ1n) is 6.00. The molecular formula is C15H17NOS. The largest absolute Gasteiger partial charge is 0.300 e. The number of aryl methyl sites for hydroxylation is 3. The van der Waals surface area contributed by atoms with Gasteiger partial charge in [-0.1, -0.05) is 23.8 Å². The van der Waals surface area contributed by atoms with Gasteiger partial charge in [-0.2, -0.15) is 0 Å². The quantitative estimate of drug-likeness (QED) is 0.837. The van der Waals surface area contributed by atoms with Crippen molar-refractivity contribution in [1.29, 1.82) is 0 Å². The van der Waals surface area contributed by atoms with Gasteiger partial charge in [-0.25, -0.2) is 4.98 Å². The third-order valence-electron chi connectivity index (χ3n) is 2.91. The van der Waals surface area contributed by atoms with Crippen molar-refractivity contribution in [1.82, 2.24) is 4.98 Å². The number of carbonyl (C=O) groups excluding carboxylic acids is 1. The average Bonchev–Trinajstić information content (AvgIpc) is 2.59. The molecule has 0 saturated carbocycles. The number of benzene rings is 1. The van der Waals surface area contributed by atoms with E-state index in [0.717, 1.165) is 15.6 Å². The maximum Gasteiger partial charge on any atom is 0.135 e. The Balaban J connectivity index is 2.42. The lowest BCUT2D eigenvalue weighted by Gasteiger charge is -2.02. The first-order valence-corrected chi connectivity index (χ1v) is 6.82. The minimum Gasteiger partial charge on any atom is -0.300 e. The summed E-state index contributed by atoms with van der Waals surface area (Å²) in [5.74, 6) is 0.189. The van der Waals surface area contributed by atoms with Gasteiger partial charge >= 0.3 is 0 Å². The number of thiazole rings is 1. The van der Waals surface area contributed by atoms with Crippen molar-refractivity contribution in [3.63, 3.8) is 0 Å². The zero-order valence-electron chi connectivity index (χ0n) is 11.2. The molecule has 0 bridgehead atoms. The van der Waals surface area contributed by atoms with Gasteiger partial charge in [0.15, 0.2) is 0 Å². The van der Waals surface area contributed by atoms with Crippen molar-refractivity contribution < 1.29 is 4.79 Å². The van der Waals surface area contributed by atoms with Crippen molar-refractivity contribution in [2.75, 3.05) is 0 Å². The first kappa shape index (κ1) is 13.0. The molecule has 0 atom stereocenters. The predicted molar refractivity (Wildman–Crippen MR) is 76.1 cm³/mol. The van der Waals surface area contributed by atoms with Crippen LogP contribution < -0.4 is 0 Å². The fraction of sp³-hybridized carbons (Fsp3) is 0.333. The molecule has 0 radical (unpaired) electrons. The van der Waals surface area contributed by atoms with E-state index in [1.54, 1.807) is 18.3 Å². The molecule has 3 heteroatoms. The summed E-state index contributed by atoms with van der Waals surface area (Å²) >= 11 is 1.63. The van der Waals surface area contributed by atoms with E-state index in [1.165, 1.54) is 16.7 Å². The minimum atomic E-state index is 0.189. The summed E-state index contributed by atoms with van der Waals surface area (Å²) in [5, 5.41) is 1.02. The van der Waals surface area contributed by atoms with Crippen molar-refractivity contribution in [3.8, 4) is 10.6 Å². The molecule has 18 heavy (non-hydrogen) atoms. The zero-order chi connectivity index (χ0) is 13.3. The summed E-state index contributed by atoms with van der Waals surface area (Å²) in [6, 6.07) is 6.38. The Morgan fingerprint density at radius 2 is 2.00 bits per heavy atom. The van der Waals surface area contributed by atoms with Crippen LogP contribution >= 0.6 is 11.3 Å². The number of hydrogen-bond acceptors (Lipinski definition) is 3. The molecule has 0 N–H and O–H groups in total. The van der Waals surface area contributed by atoms with Crippen molar-refractivity contribution in [2.45, 2.75) is 34.1 Å². The van der Waals surface area contributed by atoms with Gasteiger partial charge in [0.2, 0.25) is 0 Å². The molecule has 0 aliphatic heterocycles. The van der Waals surface area contributed by atoms with Crippen LogP contribution in [0.4, 0.5) is 0 Å². The van der Waals surface area contributed by atoms with Crippen LogP contribution in [0.25, 0.3) is 10.6 Å². The minimum absolute atomic E-state index is 0.189. The number of Topliss-reactive ketones (excluding diaryl/α,β-unsaturated/α-hetero) is 1. The summed E-state index contributed by atoms with van der Waals surface area (Å²) in [6.45, 7) is 7.78. The summed E-state index contributed by atoms with van der Waals surface area (Å²) in [4.78, 5) is 16.9. The molecule has 0 unspecified atom stereocenters. The second-order valence-electron chi connectivity index (χ2n) is 4.72. The molecular weight excluding hydrogens is 242 g/mol. The first-order chi connectivity index (χ1) is 8.47. The van der Waals surface area contributed by atoms with E-state index < -0.39 is 0 Å². The van der Waals surface area contributed by atoms with E-state index in [9.17, 15) is 4.79 Å². The maximum atomic E-state index is 11.2. The number of nitrogens with zero attached hydrogens (tertiary/aromatic N) is 1. The van der Waals surface area contributed by atoms with Crippen LogP contribution in [0.1, 0.15) is 28.6 Å². The van der Waals surface area contributed by atoms with Crippen molar-refractivity contribution in [3.05, 3.63) is 39.9 Å². The molecule has 2 aromatic rings. The van der Waals surface area contributed by atoms with Gasteiger partial charge in [-0.3, -0.25) is 4.79 Å². The third-order valence-corrected chi connectivity index (χ3v) is 4.11. The molecule has 1 aromatic carbocycles. The number of aromatic nitrogens is 1. The van der Waals surface area contributed by atoms with Crippen LogP contribution in [-0.2, 0) is 11.2 Å². The van der Waals surface area contributed by atoms with Gasteiger partial charge in [-0.05, 0) is 33.3 Å². The van der Waals surface area contributed by atoms with Gasteiger partial charge in [-0.15, -0.1) is 11.3 Å². The number of rotatable bonds is 3. The fourth-order valence-corrected chi connectivity index (χ4v) is 3.21. The lowest BCUT2D eigenvalue weighted by Crippen LogP contribution is -1.95. The fourth-order valence-electron chi connectivity index (χ4n) is 1.99. The van der Waals surface area contributed by atoms with Gasteiger partial charge in [0.1, 0.15) is 10.8 Å². The molecule has 0 spiro atoms. The normalized spacial score (nSPS) is 10.7. The molecule has 1 heterocycles. The van der Waals surface area contributed by atoms with Crippen LogP contribution in [0.5, 0.6) is 0 Å². The van der Waals surface area contributed by atoms with E-state index in [2.05, 4.69) is 37.0 Å². The molecule has 94 valence electrons. The Hall–Kier alpha value is -1.48. The average molecular weight is 259 g/mol. The second-order valence-corrected chi connectivity index (χ2v) is 5.81. The highest BCUT2D eigenvalue weighted by molar-refractivity contribution is 7.15. The van der Waals surface area contributed by atoms with Gasteiger partial charge in [0, 0.05) is 16.9 Å². The van der Waals surface area contributed by atoms with Crippen molar-refractivity contribution in [2.24, 2.45) is 0 Å². The Morgan fingerprint density at radius 3 is 2.61 bits per heavy atom. The molecule has 2 rings (SSSR count). The summed E-state index contributed by atoms with van der Waals surface area (Å²) in [7, 11) is 0. The van der Waals surface area contributed by atoms with Crippen LogP contribution in [0.15, 0.2) is 18.2 Å². The van der Waals surface area contributed by atoms with E-state index >= 15 is 0 Å². The Labute approximate surface area is 112 Å². The SMILES string of the molecule is CC(=O)Cc1sc(-c2ccc(C)cc2C)nc1C. The highest BCUT2D eigenvalue weighted by Gasteiger charge is 2.12. The van der Waals surface area contributed by atoms with Gasteiger partial charge in [0.05, 0.1) is 5.69 Å². The maximum absolute atomic E-state index is 11.2. The lowest BCUT2D eigenvalue weighted by molar-refractivity contribution is -0.116. The Bertz CT molecular complexity index is 599. The van der Waals surface area contributed by atoms with E-state index in [-0.39, 0.29) is 5.78 Å². The molecule has 0 fully saturated rings. The number of hydrogen-bond donors (Lipinski definition) is 0. The third kappa shape index (κ3) is 2.67. The number of ketones is 1. The van der Waals surface area contributed by atoms with E-state index in [1.807, 2.05) is 6.92 Å². The summed E-state index contributed by atoms with van der Waals surface area (Å²) in [6.07, 6.45) is 0.494. The molecule has 0 aliphatic rings. The van der Waals surface area contributed by atoms with Crippen LogP contribution in [0.3, 0.4) is 0 Å². The molecule has 0 aliphatic carbocycles. The molecule has 0 saturated heterocycles. The second kappa shape index (κ2) is 5.02. The topological polar surface area (TPSA) is 30.0 Å². The van der Waals surface area contributed by atoms with Gasteiger partial charge in [0.25, 0.3) is 0 Å². The van der Waals surface area contributed by atoms with E-state index in [4.69, 9.17) is 0 Å². The van der Waals surface area contributed by atoms with Gasteiger partial charge < -0.3 is 0 Å². The Kier molecular flexibility index (Phi) is 3.62. The lowest BCUT2D eigenvalue weighted by atomic mass is 10.1. The highest BCUT2D eigenvalue weighted by Crippen LogP contribution is 2.30. The molecule has 2 nitrogen and oxygen atoms in total. The molecule has 1 aromatic heterocycles. The highest BCUT2D eigenvalue weighted by atomic mass is 32.1. The standard InChI is InChI=1S/C15H17NOS/c1-9-5-6-13(10(2)7-9)15-16-12(4)14(18-15)8-11(3)17/h5-7H,8H2,1-4H3. The van der Waals surface area contributed by atoms with E-state index in [0.29, 0.717) is 6.42 Å². The summed E-state index contributed by atoms with van der Waals surface area (Å²) in [5.41, 5.74) is 4.64. The van der Waals surface area contributed by atoms with Crippen LogP contribution in [0.2, 0.25) is 0 Å². The van der Waals surface area contributed by atoms with Crippen molar-refractivity contribution >= 4 is 17.1 Å². The van der Waals surface area contributed by atoms with Crippen LogP contribution in [0, 0.1) is 20.8 Å². The monoisotopic (exact) mass is 259 g/mol.